The summed E-state index contributed by atoms with van der Waals surface area (Å²) in [4.78, 5) is 12.2. The summed E-state index contributed by atoms with van der Waals surface area (Å²) in [5.74, 6) is 1.54. The first-order valence-electron chi connectivity index (χ1n) is 9.95. The second kappa shape index (κ2) is 10.7. The van der Waals surface area contributed by atoms with Crippen LogP contribution in [0.3, 0.4) is 0 Å². The van der Waals surface area contributed by atoms with Crippen molar-refractivity contribution in [1.29, 1.82) is 0 Å². The number of nitrogens with two attached hydrogens (primary N) is 1. The highest BCUT2D eigenvalue weighted by atomic mass is 16.5. The molecule has 6 heteroatoms. The molecule has 0 aromatic heterocycles. The number of anilines is 2. The molecule has 0 heterocycles. The lowest BCUT2D eigenvalue weighted by molar-refractivity contribution is -0.111. The van der Waals surface area contributed by atoms with E-state index in [9.17, 15) is 4.79 Å². The molecule has 0 aliphatic heterocycles. The van der Waals surface area contributed by atoms with Crippen LogP contribution >= 0.6 is 0 Å². The SMILES string of the molecule is COc1cc(/C=C/c2ccc(NC(=O)/C=C/c3ccc(N)cc3)cc2)cc(OC)c1OC. The van der Waals surface area contributed by atoms with E-state index in [0.717, 1.165) is 16.7 Å². The molecule has 3 aromatic carbocycles. The quantitative estimate of drug-likeness (QED) is 0.295. The van der Waals surface area contributed by atoms with Gasteiger partial charge in [-0.2, -0.15) is 0 Å². The van der Waals surface area contributed by atoms with Gasteiger partial charge in [-0.3, -0.25) is 4.79 Å². The van der Waals surface area contributed by atoms with E-state index in [1.54, 1.807) is 39.5 Å². The third-order valence-corrected chi connectivity index (χ3v) is 4.70. The minimum absolute atomic E-state index is 0.206. The topological polar surface area (TPSA) is 82.8 Å². The van der Waals surface area contributed by atoms with Gasteiger partial charge in [0.25, 0.3) is 0 Å². The van der Waals surface area contributed by atoms with Crippen molar-refractivity contribution in [3.05, 3.63) is 83.4 Å². The summed E-state index contributed by atoms with van der Waals surface area (Å²) in [7, 11) is 4.75. The zero-order chi connectivity index (χ0) is 22.9. The summed E-state index contributed by atoms with van der Waals surface area (Å²) in [6, 6.07) is 18.6. The average molecular weight is 431 g/mol. The van der Waals surface area contributed by atoms with E-state index >= 15 is 0 Å². The molecule has 6 nitrogen and oxygen atoms in total. The maximum atomic E-state index is 12.2. The zero-order valence-electron chi connectivity index (χ0n) is 18.3. The molecule has 0 spiro atoms. The van der Waals surface area contributed by atoms with Gasteiger partial charge in [-0.15, -0.1) is 0 Å². The van der Waals surface area contributed by atoms with E-state index in [1.165, 1.54) is 6.08 Å². The van der Waals surface area contributed by atoms with Gasteiger partial charge in [0.05, 0.1) is 21.3 Å². The van der Waals surface area contributed by atoms with Crippen molar-refractivity contribution in [2.45, 2.75) is 0 Å². The number of rotatable bonds is 8. The Morgan fingerprint density at radius 3 is 1.84 bits per heavy atom. The first kappa shape index (κ1) is 22.5. The van der Waals surface area contributed by atoms with Gasteiger partial charge in [0.1, 0.15) is 0 Å². The first-order chi connectivity index (χ1) is 15.5. The Kier molecular flexibility index (Phi) is 7.54. The van der Waals surface area contributed by atoms with Gasteiger partial charge >= 0.3 is 0 Å². The molecular weight excluding hydrogens is 404 g/mol. The van der Waals surface area contributed by atoms with Crippen LogP contribution in [0.5, 0.6) is 17.2 Å². The highest BCUT2D eigenvalue weighted by Crippen LogP contribution is 2.38. The summed E-state index contributed by atoms with van der Waals surface area (Å²) in [6.07, 6.45) is 7.15. The highest BCUT2D eigenvalue weighted by molar-refractivity contribution is 6.02. The minimum Gasteiger partial charge on any atom is -0.493 e. The molecule has 0 aliphatic rings. The van der Waals surface area contributed by atoms with Crippen molar-refractivity contribution >= 4 is 35.5 Å². The monoisotopic (exact) mass is 430 g/mol. The Hall–Kier alpha value is -4.19. The van der Waals surface area contributed by atoms with Crippen molar-refractivity contribution in [2.24, 2.45) is 0 Å². The number of carbonyl (C=O) groups excluding carboxylic acids is 1. The van der Waals surface area contributed by atoms with Gasteiger partial charge in [0, 0.05) is 17.5 Å². The number of nitrogen functional groups attached to an aromatic ring is 1. The van der Waals surface area contributed by atoms with Gasteiger partial charge < -0.3 is 25.3 Å². The predicted octanol–water partition coefficient (Wildman–Crippen LogP) is 5.12. The molecule has 32 heavy (non-hydrogen) atoms. The molecule has 0 radical (unpaired) electrons. The molecule has 0 atom stereocenters. The fourth-order valence-electron chi connectivity index (χ4n) is 3.03. The molecule has 3 aromatic rings. The van der Waals surface area contributed by atoms with Crippen molar-refractivity contribution in [3.8, 4) is 17.2 Å². The Morgan fingerprint density at radius 1 is 0.750 bits per heavy atom. The average Bonchev–Trinajstić information content (AvgIpc) is 2.82. The van der Waals surface area contributed by atoms with Crippen molar-refractivity contribution in [1.82, 2.24) is 0 Å². The number of benzene rings is 3. The molecule has 0 saturated heterocycles. The molecule has 1 amide bonds. The van der Waals surface area contributed by atoms with Crippen molar-refractivity contribution < 1.29 is 19.0 Å². The van der Waals surface area contributed by atoms with Gasteiger partial charge in [0.2, 0.25) is 11.7 Å². The van der Waals surface area contributed by atoms with E-state index in [4.69, 9.17) is 19.9 Å². The molecule has 0 fully saturated rings. The molecule has 0 saturated carbocycles. The maximum Gasteiger partial charge on any atom is 0.248 e. The highest BCUT2D eigenvalue weighted by Gasteiger charge is 2.11. The van der Waals surface area contributed by atoms with Gasteiger partial charge in [-0.05, 0) is 59.2 Å². The van der Waals surface area contributed by atoms with Crippen LogP contribution in [-0.2, 0) is 4.79 Å². The Bertz CT molecular complexity index is 1090. The fourth-order valence-corrected chi connectivity index (χ4v) is 3.03. The number of nitrogens with one attached hydrogen (secondary N) is 1. The molecule has 3 rings (SSSR count). The second-order valence-electron chi connectivity index (χ2n) is 6.90. The minimum atomic E-state index is -0.206. The predicted molar refractivity (Wildman–Crippen MR) is 130 cm³/mol. The lowest BCUT2D eigenvalue weighted by Crippen LogP contribution is -2.07. The Balaban J connectivity index is 1.65. The van der Waals surface area contributed by atoms with Gasteiger partial charge in [-0.1, -0.05) is 36.4 Å². The van der Waals surface area contributed by atoms with Crippen LogP contribution in [0.1, 0.15) is 16.7 Å². The van der Waals surface area contributed by atoms with Gasteiger partial charge in [-0.25, -0.2) is 0 Å². The second-order valence-corrected chi connectivity index (χ2v) is 6.90. The molecule has 0 aliphatic carbocycles. The van der Waals surface area contributed by atoms with Crippen LogP contribution < -0.4 is 25.3 Å². The summed E-state index contributed by atoms with van der Waals surface area (Å²) in [6.45, 7) is 0. The number of carbonyl (C=O) groups is 1. The molecule has 3 N–H and O–H groups in total. The van der Waals surface area contributed by atoms with E-state index in [-0.39, 0.29) is 5.91 Å². The van der Waals surface area contributed by atoms with E-state index in [1.807, 2.05) is 60.7 Å². The Morgan fingerprint density at radius 2 is 1.28 bits per heavy atom. The number of amides is 1. The molecule has 0 bridgehead atoms. The van der Waals surface area contributed by atoms with E-state index in [2.05, 4.69) is 5.32 Å². The molecular formula is C26H26N2O4. The summed E-state index contributed by atoms with van der Waals surface area (Å²) < 4.78 is 16.1. The fraction of sp³-hybridized carbons (Fsp3) is 0.115. The third-order valence-electron chi connectivity index (χ3n) is 4.70. The van der Waals surface area contributed by atoms with Crippen LogP contribution in [0.4, 0.5) is 11.4 Å². The number of ether oxygens (including phenoxy) is 3. The molecule has 0 unspecified atom stereocenters. The lowest BCUT2D eigenvalue weighted by atomic mass is 10.1. The lowest BCUT2D eigenvalue weighted by Gasteiger charge is -2.12. The summed E-state index contributed by atoms with van der Waals surface area (Å²) in [5.41, 5.74) is 9.85. The number of hydrogen-bond acceptors (Lipinski definition) is 5. The normalized spacial score (nSPS) is 11.0. The van der Waals surface area contributed by atoms with Gasteiger partial charge in [0.15, 0.2) is 11.5 Å². The summed E-state index contributed by atoms with van der Waals surface area (Å²) >= 11 is 0. The van der Waals surface area contributed by atoms with Crippen molar-refractivity contribution in [2.75, 3.05) is 32.4 Å². The number of hydrogen-bond donors (Lipinski definition) is 2. The van der Waals surface area contributed by atoms with Crippen LogP contribution in [0.25, 0.3) is 18.2 Å². The van der Waals surface area contributed by atoms with Crippen LogP contribution in [0, 0.1) is 0 Å². The zero-order valence-corrected chi connectivity index (χ0v) is 18.3. The summed E-state index contributed by atoms with van der Waals surface area (Å²) in [5, 5.41) is 2.85. The third kappa shape index (κ3) is 5.92. The van der Waals surface area contributed by atoms with E-state index in [0.29, 0.717) is 28.6 Å². The maximum absolute atomic E-state index is 12.2. The standard InChI is InChI=1S/C26H26N2O4/c1-30-23-16-20(17-24(31-2)26(23)32-3)5-4-18-8-13-22(14-9-18)28-25(29)15-10-19-6-11-21(27)12-7-19/h4-17H,27H2,1-3H3,(H,28,29)/b5-4+,15-10+. The number of methoxy groups -OCH3 is 3. The van der Waals surface area contributed by atoms with Crippen LogP contribution in [0.15, 0.2) is 66.7 Å². The first-order valence-corrected chi connectivity index (χ1v) is 9.95. The Labute approximate surface area is 187 Å². The van der Waals surface area contributed by atoms with Crippen LogP contribution in [-0.4, -0.2) is 27.2 Å². The van der Waals surface area contributed by atoms with Crippen molar-refractivity contribution in [3.63, 3.8) is 0 Å². The smallest absolute Gasteiger partial charge is 0.248 e. The van der Waals surface area contributed by atoms with E-state index < -0.39 is 0 Å². The largest absolute Gasteiger partial charge is 0.493 e. The molecule has 164 valence electrons. The van der Waals surface area contributed by atoms with Crippen LogP contribution in [0.2, 0.25) is 0 Å².